The maximum Gasteiger partial charge on any atom is 0.405 e. The molecule has 2 unspecified atom stereocenters. The van der Waals surface area contributed by atoms with Crippen LogP contribution in [0.15, 0.2) is 24.3 Å². The molecule has 2 amide bonds. The Balaban J connectivity index is 0.00000288. The van der Waals surface area contributed by atoms with Gasteiger partial charge in [-0.25, -0.2) is 0 Å². The molecule has 0 radical (unpaired) electrons. The second-order valence-corrected chi connectivity index (χ2v) is 5.63. The number of nitrogens with one attached hydrogen (secondary N) is 2. The summed E-state index contributed by atoms with van der Waals surface area (Å²) in [6, 6.07) is 5.74. The first-order valence-electron chi connectivity index (χ1n) is 7.26. The lowest BCUT2D eigenvalue weighted by Gasteiger charge is -2.11. The van der Waals surface area contributed by atoms with E-state index in [1.165, 1.54) is 24.3 Å². The van der Waals surface area contributed by atoms with Crippen molar-refractivity contribution in [3.05, 3.63) is 29.8 Å². The van der Waals surface area contributed by atoms with Crippen molar-refractivity contribution in [3.63, 3.8) is 0 Å². The molecule has 2 rings (SSSR count). The first-order chi connectivity index (χ1) is 10.7. The molecule has 0 heterocycles. The Bertz CT molecular complexity index is 578. The number of benzene rings is 1. The summed E-state index contributed by atoms with van der Waals surface area (Å²) in [4.78, 5) is 23.6. The van der Waals surface area contributed by atoms with Crippen molar-refractivity contribution >= 4 is 29.9 Å². The third kappa shape index (κ3) is 6.01. The van der Waals surface area contributed by atoms with Gasteiger partial charge in [-0.3, -0.25) is 9.59 Å². The quantitative estimate of drug-likeness (QED) is 0.766. The molecule has 1 aliphatic rings. The molecule has 0 spiro atoms. The molecule has 0 bridgehead atoms. The van der Waals surface area contributed by atoms with Crippen molar-refractivity contribution in [2.75, 3.05) is 11.9 Å². The minimum absolute atomic E-state index is 0. The van der Waals surface area contributed by atoms with Crippen LogP contribution < -0.4 is 16.4 Å². The zero-order valence-corrected chi connectivity index (χ0v) is 13.5. The lowest BCUT2D eigenvalue weighted by molar-refractivity contribution is -0.123. The van der Waals surface area contributed by atoms with Gasteiger partial charge in [0, 0.05) is 23.2 Å². The average molecular weight is 366 g/mol. The molecule has 1 aromatic rings. The van der Waals surface area contributed by atoms with Crippen molar-refractivity contribution in [3.8, 4) is 0 Å². The number of nitrogens with two attached hydrogens (primary N) is 1. The predicted molar refractivity (Wildman–Crippen MR) is 86.0 cm³/mol. The third-order valence-corrected chi connectivity index (χ3v) is 3.71. The molecule has 2 atom stereocenters. The summed E-state index contributed by atoms with van der Waals surface area (Å²) in [6.07, 6.45) is -2.25. The number of halogens is 4. The van der Waals surface area contributed by atoms with Gasteiger partial charge in [-0.1, -0.05) is 0 Å². The van der Waals surface area contributed by atoms with Crippen molar-refractivity contribution in [1.29, 1.82) is 0 Å². The lowest BCUT2D eigenvalue weighted by atomic mass is 10.1. The standard InChI is InChI=1S/C15H18F3N3O2.ClH/c16-15(17,18)8-20-13(22)9-2-5-12(6-3-9)21-14(23)10-1-4-11(19)7-10;/h2-3,5-6,10-11H,1,4,7-8,19H2,(H,20,22)(H,21,23);1H. The van der Waals surface area contributed by atoms with Crippen LogP contribution in [0.3, 0.4) is 0 Å². The third-order valence-electron chi connectivity index (χ3n) is 3.71. The topological polar surface area (TPSA) is 84.2 Å². The van der Waals surface area contributed by atoms with Gasteiger partial charge in [-0.2, -0.15) is 13.2 Å². The van der Waals surface area contributed by atoms with Crippen LogP contribution in [0.1, 0.15) is 29.6 Å². The highest BCUT2D eigenvalue weighted by Crippen LogP contribution is 2.25. The van der Waals surface area contributed by atoms with Gasteiger partial charge in [0.05, 0.1) is 0 Å². The van der Waals surface area contributed by atoms with E-state index in [2.05, 4.69) is 5.32 Å². The molecule has 5 nitrogen and oxygen atoms in total. The molecule has 4 N–H and O–H groups in total. The summed E-state index contributed by atoms with van der Waals surface area (Å²) in [5.41, 5.74) is 6.35. The number of rotatable bonds is 4. The van der Waals surface area contributed by atoms with E-state index in [9.17, 15) is 22.8 Å². The summed E-state index contributed by atoms with van der Waals surface area (Å²) in [5, 5.41) is 4.50. The van der Waals surface area contributed by atoms with E-state index in [0.717, 1.165) is 12.8 Å². The fraction of sp³-hybridized carbons (Fsp3) is 0.467. The second kappa shape index (κ2) is 8.34. The van der Waals surface area contributed by atoms with Gasteiger partial charge in [0.1, 0.15) is 6.54 Å². The number of alkyl halides is 3. The van der Waals surface area contributed by atoms with Crippen LogP contribution in [0.5, 0.6) is 0 Å². The lowest BCUT2D eigenvalue weighted by Crippen LogP contribution is -2.33. The van der Waals surface area contributed by atoms with Crippen LogP contribution >= 0.6 is 12.4 Å². The van der Waals surface area contributed by atoms with Crippen molar-refractivity contribution in [1.82, 2.24) is 5.32 Å². The minimum atomic E-state index is -4.45. The maximum atomic E-state index is 12.0. The first-order valence-corrected chi connectivity index (χ1v) is 7.26. The van der Waals surface area contributed by atoms with Gasteiger partial charge >= 0.3 is 6.18 Å². The van der Waals surface area contributed by atoms with E-state index in [0.29, 0.717) is 12.1 Å². The van der Waals surface area contributed by atoms with E-state index in [1.807, 2.05) is 0 Å². The zero-order valence-electron chi connectivity index (χ0n) is 12.7. The molecule has 1 fully saturated rings. The molecule has 0 aliphatic heterocycles. The summed E-state index contributed by atoms with van der Waals surface area (Å²) in [5.74, 6) is -1.08. The van der Waals surface area contributed by atoms with Gasteiger partial charge in [0.2, 0.25) is 5.91 Å². The number of carbonyl (C=O) groups excluding carboxylic acids is 2. The maximum absolute atomic E-state index is 12.0. The predicted octanol–water partition coefficient (Wildman–Crippen LogP) is 2.47. The van der Waals surface area contributed by atoms with Gasteiger partial charge < -0.3 is 16.4 Å². The summed E-state index contributed by atoms with van der Waals surface area (Å²) in [7, 11) is 0. The average Bonchev–Trinajstić information content (AvgIpc) is 2.91. The van der Waals surface area contributed by atoms with Crippen LogP contribution in [-0.4, -0.2) is 30.6 Å². The minimum Gasteiger partial charge on any atom is -0.343 e. The van der Waals surface area contributed by atoms with Crippen LogP contribution in [0.4, 0.5) is 18.9 Å². The van der Waals surface area contributed by atoms with Gasteiger partial charge in [-0.05, 0) is 43.5 Å². The Morgan fingerprint density at radius 2 is 1.79 bits per heavy atom. The van der Waals surface area contributed by atoms with E-state index in [1.54, 1.807) is 5.32 Å². The first kappa shape index (κ1) is 20.2. The molecular formula is C15H19ClF3N3O2. The van der Waals surface area contributed by atoms with Gasteiger partial charge in [0.15, 0.2) is 0 Å². The SMILES string of the molecule is Cl.NC1CCC(C(=O)Nc2ccc(C(=O)NCC(F)(F)F)cc2)C1. The Morgan fingerprint density at radius 1 is 1.17 bits per heavy atom. The summed E-state index contributed by atoms with van der Waals surface area (Å²) >= 11 is 0. The molecule has 1 aliphatic carbocycles. The molecule has 1 aromatic carbocycles. The zero-order chi connectivity index (χ0) is 17.0. The fourth-order valence-corrected chi connectivity index (χ4v) is 2.49. The largest absolute Gasteiger partial charge is 0.405 e. The van der Waals surface area contributed by atoms with Crippen LogP contribution in [0.2, 0.25) is 0 Å². The molecule has 0 saturated heterocycles. The van der Waals surface area contributed by atoms with Gasteiger partial charge in [-0.15, -0.1) is 12.4 Å². The van der Waals surface area contributed by atoms with Crippen molar-refractivity contribution in [2.24, 2.45) is 11.7 Å². The highest BCUT2D eigenvalue weighted by molar-refractivity contribution is 5.96. The molecule has 0 aromatic heterocycles. The van der Waals surface area contributed by atoms with Crippen LogP contribution in [-0.2, 0) is 4.79 Å². The monoisotopic (exact) mass is 365 g/mol. The smallest absolute Gasteiger partial charge is 0.343 e. The van der Waals surface area contributed by atoms with Crippen molar-refractivity contribution < 1.29 is 22.8 Å². The molecule has 9 heteroatoms. The van der Waals surface area contributed by atoms with Crippen LogP contribution in [0, 0.1) is 5.92 Å². The number of hydrogen-bond acceptors (Lipinski definition) is 3. The van der Waals surface area contributed by atoms with E-state index in [4.69, 9.17) is 5.73 Å². The van der Waals surface area contributed by atoms with E-state index in [-0.39, 0.29) is 35.8 Å². The second-order valence-electron chi connectivity index (χ2n) is 5.63. The Kier molecular flexibility index (Phi) is 7.04. The number of carbonyl (C=O) groups is 2. The molecular weight excluding hydrogens is 347 g/mol. The molecule has 134 valence electrons. The Labute approximate surface area is 143 Å². The molecule has 24 heavy (non-hydrogen) atoms. The highest BCUT2D eigenvalue weighted by atomic mass is 35.5. The number of anilines is 1. The summed E-state index contributed by atoms with van der Waals surface area (Å²) in [6.45, 7) is -1.38. The normalized spacial score (nSPS) is 20.2. The number of hydrogen-bond donors (Lipinski definition) is 3. The Morgan fingerprint density at radius 3 is 2.29 bits per heavy atom. The van der Waals surface area contributed by atoms with Gasteiger partial charge in [0.25, 0.3) is 5.91 Å². The molecule has 1 saturated carbocycles. The Hall–Kier alpha value is -1.80. The van der Waals surface area contributed by atoms with E-state index >= 15 is 0 Å². The highest BCUT2D eigenvalue weighted by Gasteiger charge is 2.28. The van der Waals surface area contributed by atoms with Crippen LogP contribution in [0.25, 0.3) is 0 Å². The summed E-state index contributed by atoms with van der Waals surface area (Å²) < 4.78 is 36.1. The van der Waals surface area contributed by atoms with Crippen molar-refractivity contribution in [2.45, 2.75) is 31.5 Å². The fourth-order valence-electron chi connectivity index (χ4n) is 2.49. The number of amides is 2. The van der Waals surface area contributed by atoms with E-state index < -0.39 is 18.6 Å².